The Morgan fingerprint density at radius 1 is 1.25 bits per heavy atom. The van der Waals surface area contributed by atoms with E-state index in [2.05, 4.69) is 15.6 Å². The summed E-state index contributed by atoms with van der Waals surface area (Å²) in [7, 11) is 0. The molecule has 0 spiro atoms. The van der Waals surface area contributed by atoms with Crippen molar-refractivity contribution in [3.05, 3.63) is 17.7 Å². The number of nitrogens with one attached hydrogen (secondary N) is 2. The van der Waals surface area contributed by atoms with E-state index in [1.165, 1.54) is 0 Å². The summed E-state index contributed by atoms with van der Waals surface area (Å²) < 4.78 is 38.7. The van der Waals surface area contributed by atoms with E-state index in [4.69, 9.17) is 0 Å². The smallest absolute Gasteiger partial charge is 0.370 e. The summed E-state index contributed by atoms with van der Waals surface area (Å²) in [6, 6.07) is 2.10. The molecule has 1 aromatic rings. The van der Waals surface area contributed by atoms with Gasteiger partial charge in [0.15, 0.2) is 0 Å². The lowest BCUT2D eigenvalue weighted by molar-refractivity contribution is -0.137. The highest BCUT2D eigenvalue weighted by atomic mass is 32.2. The van der Waals surface area contributed by atoms with Crippen molar-refractivity contribution in [2.75, 3.05) is 30.0 Å². The van der Waals surface area contributed by atoms with Gasteiger partial charge >= 0.3 is 6.18 Å². The number of thioether (sulfide) groups is 1. The van der Waals surface area contributed by atoms with Gasteiger partial charge in [0, 0.05) is 17.8 Å². The number of anilines is 2. The van der Waals surface area contributed by atoms with Gasteiger partial charge in [-0.15, -0.1) is 0 Å². The Balaban J connectivity index is 2.16. The lowest BCUT2D eigenvalue weighted by atomic mass is 10.2. The number of halogens is 3. The van der Waals surface area contributed by atoms with Crippen LogP contribution in [0.1, 0.15) is 25.3 Å². The standard InChI is InChI=1S/C13H18F3N3S/c1-3-17-10-6-9(13(14,15)16)7-11(19-10)18-8-12(20-2)4-5-12/h6-7H,3-5,8H2,1-2H3,(H2,17,18,19). The largest absolute Gasteiger partial charge is 0.416 e. The van der Waals surface area contributed by atoms with Gasteiger partial charge in [-0.05, 0) is 38.2 Å². The molecular formula is C13H18F3N3S. The molecule has 0 aromatic carbocycles. The number of alkyl halides is 3. The lowest BCUT2D eigenvalue weighted by Gasteiger charge is -2.16. The molecule has 3 nitrogen and oxygen atoms in total. The average Bonchev–Trinajstić information content (AvgIpc) is 3.16. The fraction of sp³-hybridized carbons (Fsp3) is 0.615. The van der Waals surface area contributed by atoms with Crippen LogP contribution >= 0.6 is 11.8 Å². The molecule has 112 valence electrons. The van der Waals surface area contributed by atoms with E-state index in [1.54, 1.807) is 11.8 Å². The molecule has 0 atom stereocenters. The molecule has 2 N–H and O–H groups in total. The van der Waals surface area contributed by atoms with Crippen molar-refractivity contribution in [2.24, 2.45) is 0 Å². The van der Waals surface area contributed by atoms with E-state index >= 15 is 0 Å². The van der Waals surface area contributed by atoms with Crippen molar-refractivity contribution in [3.8, 4) is 0 Å². The summed E-state index contributed by atoms with van der Waals surface area (Å²) in [6.45, 7) is 3.00. The molecule has 7 heteroatoms. The SMILES string of the molecule is CCNc1cc(C(F)(F)F)cc(NCC2(SC)CC2)n1. The average molecular weight is 305 g/mol. The van der Waals surface area contributed by atoms with Crippen LogP contribution in [0.15, 0.2) is 12.1 Å². The van der Waals surface area contributed by atoms with Crippen molar-refractivity contribution in [3.63, 3.8) is 0 Å². The fourth-order valence-corrected chi connectivity index (χ4v) is 2.63. The van der Waals surface area contributed by atoms with Crippen LogP contribution in [0.3, 0.4) is 0 Å². The normalized spacial score (nSPS) is 16.9. The molecule has 0 radical (unpaired) electrons. The molecule has 1 aliphatic rings. The lowest BCUT2D eigenvalue weighted by Crippen LogP contribution is -2.19. The molecular weight excluding hydrogens is 287 g/mol. The van der Waals surface area contributed by atoms with Gasteiger partial charge in [0.25, 0.3) is 0 Å². The monoisotopic (exact) mass is 305 g/mol. The third-order valence-corrected chi connectivity index (χ3v) is 4.76. The summed E-state index contributed by atoms with van der Waals surface area (Å²) in [5.41, 5.74) is -0.681. The second kappa shape index (κ2) is 5.71. The van der Waals surface area contributed by atoms with Crippen molar-refractivity contribution >= 4 is 23.4 Å². The Morgan fingerprint density at radius 2 is 1.85 bits per heavy atom. The van der Waals surface area contributed by atoms with Crippen LogP contribution in [0.5, 0.6) is 0 Å². The maximum Gasteiger partial charge on any atom is 0.416 e. The summed E-state index contributed by atoms with van der Waals surface area (Å²) in [5.74, 6) is 0.523. The van der Waals surface area contributed by atoms with Gasteiger partial charge in [0.2, 0.25) is 0 Å². The van der Waals surface area contributed by atoms with Gasteiger partial charge in [-0.1, -0.05) is 0 Å². The van der Waals surface area contributed by atoms with Crippen molar-refractivity contribution in [1.29, 1.82) is 0 Å². The predicted octanol–water partition coefficient (Wildman–Crippen LogP) is 3.84. The quantitative estimate of drug-likeness (QED) is 0.837. The minimum atomic E-state index is -4.36. The predicted molar refractivity (Wildman–Crippen MR) is 77.4 cm³/mol. The Bertz CT molecular complexity index is 472. The maximum absolute atomic E-state index is 12.9. The van der Waals surface area contributed by atoms with Crippen LogP contribution in [0.2, 0.25) is 0 Å². The molecule has 0 amide bonds. The van der Waals surface area contributed by atoms with E-state index in [-0.39, 0.29) is 16.4 Å². The third-order valence-electron chi connectivity index (χ3n) is 3.34. The number of rotatable bonds is 6. The number of hydrogen-bond acceptors (Lipinski definition) is 4. The van der Waals surface area contributed by atoms with Gasteiger partial charge in [0.1, 0.15) is 11.6 Å². The topological polar surface area (TPSA) is 37.0 Å². The number of pyridine rings is 1. The highest BCUT2D eigenvalue weighted by Crippen LogP contribution is 2.47. The van der Waals surface area contributed by atoms with Crippen LogP contribution in [-0.2, 0) is 6.18 Å². The summed E-state index contributed by atoms with van der Waals surface area (Å²) in [6.07, 6.45) is -0.140. The van der Waals surface area contributed by atoms with Crippen molar-refractivity contribution in [1.82, 2.24) is 4.98 Å². The van der Waals surface area contributed by atoms with Crippen LogP contribution < -0.4 is 10.6 Å². The van der Waals surface area contributed by atoms with Gasteiger partial charge in [-0.2, -0.15) is 24.9 Å². The number of nitrogens with zero attached hydrogens (tertiary/aromatic N) is 1. The zero-order chi connectivity index (χ0) is 14.8. The van der Waals surface area contributed by atoms with Crippen LogP contribution in [0, 0.1) is 0 Å². The minimum Gasteiger partial charge on any atom is -0.370 e. The van der Waals surface area contributed by atoms with E-state index in [0.717, 1.165) is 25.0 Å². The first kappa shape index (κ1) is 15.3. The Labute approximate surface area is 120 Å². The minimum absolute atomic E-state index is 0.175. The summed E-state index contributed by atoms with van der Waals surface area (Å²) in [5, 5.41) is 5.87. The second-order valence-electron chi connectivity index (χ2n) is 4.90. The Hall–Kier alpha value is -1.11. The zero-order valence-electron chi connectivity index (χ0n) is 11.5. The molecule has 0 aliphatic heterocycles. The molecule has 0 bridgehead atoms. The number of hydrogen-bond donors (Lipinski definition) is 2. The molecule has 0 unspecified atom stereocenters. The maximum atomic E-state index is 12.9. The van der Waals surface area contributed by atoms with Crippen molar-refractivity contribution < 1.29 is 13.2 Å². The molecule has 20 heavy (non-hydrogen) atoms. The highest BCUT2D eigenvalue weighted by Gasteiger charge is 2.41. The Kier molecular flexibility index (Phi) is 4.36. The number of aromatic nitrogens is 1. The van der Waals surface area contributed by atoms with Crippen LogP contribution in [0.25, 0.3) is 0 Å². The first-order chi connectivity index (χ1) is 9.38. The van der Waals surface area contributed by atoms with E-state index < -0.39 is 11.7 Å². The van der Waals surface area contributed by atoms with Gasteiger partial charge < -0.3 is 10.6 Å². The van der Waals surface area contributed by atoms with Crippen molar-refractivity contribution in [2.45, 2.75) is 30.7 Å². The highest BCUT2D eigenvalue weighted by molar-refractivity contribution is 8.00. The first-order valence-corrected chi connectivity index (χ1v) is 7.73. The molecule has 1 heterocycles. The van der Waals surface area contributed by atoms with E-state index in [9.17, 15) is 13.2 Å². The summed E-state index contributed by atoms with van der Waals surface area (Å²) in [4.78, 5) is 4.17. The van der Waals surface area contributed by atoms with E-state index in [1.807, 2.05) is 13.2 Å². The molecule has 0 saturated heterocycles. The fourth-order valence-electron chi connectivity index (χ4n) is 1.90. The molecule has 1 aliphatic carbocycles. The summed E-state index contributed by atoms with van der Waals surface area (Å²) >= 11 is 1.75. The Morgan fingerprint density at radius 3 is 2.30 bits per heavy atom. The third kappa shape index (κ3) is 3.71. The van der Waals surface area contributed by atoms with Gasteiger partial charge in [0.05, 0.1) is 5.56 Å². The molecule has 1 aromatic heterocycles. The van der Waals surface area contributed by atoms with E-state index in [0.29, 0.717) is 13.1 Å². The van der Waals surface area contributed by atoms with Gasteiger partial charge in [-0.3, -0.25) is 0 Å². The van der Waals surface area contributed by atoms with Crippen LogP contribution in [0.4, 0.5) is 24.8 Å². The molecule has 1 fully saturated rings. The molecule has 1 saturated carbocycles. The second-order valence-corrected chi connectivity index (χ2v) is 6.17. The molecule has 2 rings (SSSR count). The zero-order valence-corrected chi connectivity index (χ0v) is 12.3. The van der Waals surface area contributed by atoms with Crippen LogP contribution in [-0.4, -0.2) is 29.1 Å². The van der Waals surface area contributed by atoms with Gasteiger partial charge in [-0.25, -0.2) is 4.98 Å². The first-order valence-electron chi connectivity index (χ1n) is 6.51.